The minimum atomic E-state index is -0.124. The fourth-order valence-corrected chi connectivity index (χ4v) is 1.79. The van der Waals surface area contributed by atoms with Crippen LogP contribution in [-0.2, 0) is 9.53 Å². The lowest BCUT2D eigenvalue weighted by atomic mass is 10.2. The molecule has 0 aromatic carbocycles. The van der Waals surface area contributed by atoms with Crippen LogP contribution in [0.4, 0.5) is 0 Å². The molecule has 0 heterocycles. The van der Waals surface area contributed by atoms with E-state index < -0.39 is 0 Å². The Balaban J connectivity index is 3.75. The summed E-state index contributed by atoms with van der Waals surface area (Å²) >= 11 is 5.80. The SMILES string of the molecule is CCCCCCCOC(=O)C[N+](C)(C)C/C=C(\C)Cl. The maximum atomic E-state index is 11.7. The van der Waals surface area contributed by atoms with Crippen molar-refractivity contribution in [1.29, 1.82) is 0 Å². The largest absolute Gasteiger partial charge is 0.462 e. The summed E-state index contributed by atoms with van der Waals surface area (Å²) in [5.74, 6) is -0.124. The third-order valence-corrected chi connectivity index (χ3v) is 3.09. The molecule has 0 atom stereocenters. The van der Waals surface area contributed by atoms with Gasteiger partial charge in [-0.2, -0.15) is 0 Å². The molecule has 0 bridgehead atoms. The van der Waals surface area contributed by atoms with Crippen LogP contribution < -0.4 is 0 Å². The van der Waals surface area contributed by atoms with E-state index in [1.54, 1.807) is 0 Å². The number of hydrogen-bond donors (Lipinski definition) is 0. The molecule has 112 valence electrons. The number of carbonyl (C=O) groups is 1. The van der Waals surface area contributed by atoms with Gasteiger partial charge in [0.1, 0.15) is 0 Å². The lowest BCUT2D eigenvalue weighted by Crippen LogP contribution is -2.44. The predicted molar refractivity (Wildman–Crippen MR) is 81.2 cm³/mol. The summed E-state index contributed by atoms with van der Waals surface area (Å²) in [7, 11) is 4.00. The van der Waals surface area contributed by atoms with Gasteiger partial charge in [0, 0.05) is 5.03 Å². The van der Waals surface area contributed by atoms with E-state index >= 15 is 0 Å². The van der Waals surface area contributed by atoms with E-state index in [1.807, 2.05) is 27.1 Å². The molecule has 0 aromatic heterocycles. The smallest absolute Gasteiger partial charge is 0.361 e. The fourth-order valence-electron chi connectivity index (χ4n) is 1.72. The minimum Gasteiger partial charge on any atom is -0.462 e. The molecule has 0 rings (SSSR count). The number of allylic oxidation sites excluding steroid dienone is 1. The quantitative estimate of drug-likeness (QED) is 0.348. The average Bonchev–Trinajstić information content (AvgIpc) is 2.31. The number of ether oxygens (including phenoxy) is 1. The Kier molecular flexibility index (Phi) is 9.98. The van der Waals surface area contributed by atoms with E-state index in [9.17, 15) is 4.79 Å². The van der Waals surface area contributed by atoms with E-state index in [-0.39, 0.29) is 5.97 Å². The molecule has 0 radical (unpaired) electrons. The summed E-state index contributed by atoms with van der Waals surface area (Å²) in [5, 5.41) is 0.760. The first-order valence-corrected chi connectivity index (χ1v) is 7.55. The number of unbranched alkanes of at least 4 members (excludes halogenated alkanes) is 4. The third kappa shape index (κ3) is 12.2. The highest BCUT2D eigenvalue weighted by atomic mass is 35.5. The average molecular weight is 291 g/mol. The van der Waals surface area contributed by atoms with Crippen LogP contribution in [0, 0.1) is 0 Å². The first kappa shape index (κ1) is 18.5. The van der Waals surface area contributed by atoms with Crippen LogP contribution in [0.1, 0.15) is 46.0 Å². The van der Waals surface area contributed by atoms with Crippen molar-refractivity contribution < 1.29 is 14.0 Å². The molecular formula is C15H29ClNO2+. The van der Waals surface area contributed by atoms with Gasteiger partial charge < -0.3 is 9.22 Å². The minimum absolute atomic E-state index is 0.124. The monoisotopic (exact) mass is 290 g/mol. The molecular weight excluding hydrogens is 262 g/mol. The summed E-state index contributed by atoms with van der Waals surface area (Å²) in [4.78, 5) is 11.7. The molecule has 0 aliphatic carbocycles. The van der Waals surface area contributed by atoms with Crippen molar-refractivity contribution >= 4 is 17.6 Å². The Morgan fingerprint density at radius 3 is 2.42 bits per heavy atom. The van der Waals surface area contributed by atoms with E-state index in [4.69, 9.17) is 16.3 Å². The van der Waals surface area contributed by atoms with Gasteiger partial charge in [-0.25, -0.2) is 4.79 Å². The zero-order chi connectivity index (χ0) is 14.7. The zero-order valence-corrected chi connectivity index (χ0v) is 13.6. The van der Waals surface area contributed by atoms with Crippen LogP contribution in [0.3, 0.4) is 0 Å². The van der Waals surface area contributed by atoms with Crippen molar-refractivity contribution in [1.82, 2.24) is 0 Å². The van der Waals surface area contributed by atoms with Crippen molar-refractivity contribution in [3.05, 3.63) is 11.1 Å². The van der Waals surface area contributed by atoms with Crippen LogP contribution in [0.25, 0.3) is 0 Å². The molecule has 4 heteroatoms. The van der Waals surface area contributed by atoms with Crippen LogP contribution >= 0.6 is 11.6 Å². The second-order valence-electron chi connectivity index (χ2n) is 5.70. The van der Waals surface area contributed by atoms with Crippen LogP contribution in [0.2, 0.25) is 0 Å². The number of halogens is 1. The first-order chi connectivity index (χ1) is 8.87. The Bertz CT molecular complexity index is 284. The Labute approximate surface area is 123 Å². The standard InChI is InChI=1S/C15H29ClNO2/c1-5-6-7-8-9-12-19-15(18)13-17(3,4)11-10-14(2)16/h10H,5-9,11-13H2,1-4H3/q+1/b14-10+. The summed E-state index contributed by atoms with van der Waals surface area (Å²) in [6.07, 6.45) is 7.78. The molecule has 0 aromatic rings. The number of esters is 1. The normalized spacial score (nSPS) is 12.6. The number of rotatable bonds is 10. The van der Waals surface area contributed by atoms with Crippen LogP contribution in [-0.4, -0.2) is 44.2 Å². The first-order valence-electron chi connectivity index (χ1n) is 7.17. The van der Waals surface area contributed by atoms with Gasteiger partial charge in [0.25, 0.3) is 0 Å². The van der Waals surface area contributed by atoms with Crippen molar-refractivity contribution in [3.63, 3.8) is 0 Å². The second-order valence-corrected chi connectivity index (χ2v) is 6.30. The van der Waals surface area contributed by atoms with Crippen molar-refractivity contribution in [2.24, 2.45) is 0 Å². The highest BCUT2D eigenvalue weighted by molar-refractivity contribution is 6.29. The lowest BCUT2D eigenvalue weighted by molar-refractivity contribution is -0.877. The highest BCUT2D eigenvalue weighted by Crippen LogP contribution is 2.05. The van der Waals surface area contributed by atoms with Crippen molar-refractivity contribution in [3.8, 4) is 0 Å². The maximum Gasteiger partial charge on any atom is 0.361 e. The molecule has 3 nitrogen and oxygen atoms in total. The summed E-state index contributed by atoms with van der Waals surface area (Å²) in [6.45, 7) is 5.71. The molecule has 0 aliphatic heterocycles. The zero-order valence-electron chi connectivity index (χ0n) is 12.9. The number of likely N-dealkylation sites (N-methyl/N-ethyl adjacent to an activating group) is 1. The highest BCUT2D eigenvalue weighted by Gasteiger charge is 2.19. The third-order valence-electron chi connectivity index (χ3n) is 2.93. The maximum absolute atomic E-state index is 11.7. The molecule has 0 aliphatic rings. The van der Waals surface area contributed by atoms with Gasteiger partial charge in [-0.15, -0.1) is 0 Å². The van der Waals surface area contributed by atoms with Gasteiger partial charge in [-0.1, -0.05) is 44.2 Å². The summed E-state index contributed by atoms with van der Waals surface area (Å²) in [6, 6.07) is 0. The second kappa shape index (κ2) is 10.3. The van der Waals surface area contributed by atoms with Gasteiger partial charge in [-0.3, -0.25) is 0 Å². The van der Waals surface area contributed by atoms with Crippen molar-refractivity contribution in [2.45, 2.75) is 46.0 Å². The van der Waals surface area contributed by atoms with E-state index in [1.165, 1.54) is 19.3 Å². The van der Waals surface area contributed by atoms with Gasteiger partial charge in [-0.05, 0) is 19.4 Å². The molecule has 19 heavy (non-hydrogen) atoms. The molecule has 0 fully saturated rings. The van der Waals surface area contributed by atoms with Gasteiger partial charge >= 0.3 is 5.97 Å². The van der Waals surface area contributed by atoms with Gasteiger partial charge in [0.05, 0.1) is 27.2 Å². The Morgan fingerprint density at radius 1 is 1.21 bits per heavy atom. The predicted octanol–water partition coefficient (Wildman–Crippen LogP) is 3.72. The molecule has 0 amide bonds. The van der Waals surface area contributed by atoms with E-state index in [0.717, 1.165) is 24.4 Å². The summed E-state index contributed by atoms with van der Waals surface area (Å²) in [5.41, 5.74) is 0. The topological polar surface area (TPSA) is 26.3 Å². The molecule has 0 saturated heterocycles. The van der Waals surface area contributed by atoms with Gasteiger partial charge in [0.15, 0.2) is 6.54 Å². The Hall–Kier alpha value is -0.540. The number of carbonyl (C=O) groups excluding carboxylic acids is 1. The van der Waals surface area contributed by atoms with E-state index in [2.05, 4.69) is 6.92 Å². The van der Waals surface area contributed by atoms with E-state index in [0.29, 0.717) is 17.6 Å². The van der Waals surface area contributed by atoms with Gasteiger partial charge in [0.2, 0.25) is 0 Å². The molecule has 0 saturated carbocycles. The Morgan fingerprint density at radius 2 is 1.84 bits per heavy atom. The molecule has 0 unspecified atom stereocenters. The molecule has 0 N–H and O–H groups in total. The summed E-state index contributed by atoms with van der Waals surface area (Å²) < 4.78 is 5.82. The molecule has 0 spiro atoms. The number of quaternary nitrogens is 1. The van der Waals surface area contributed by atoms with Crippen molar-refractivity contribution in [2.75, 3.05) is 33.8 Å². The van der Waals surface area contributed by atoms with Crippen LogP contribution in [0.15, 0.2) is 11.1 Å². The number of hydrogen-bond acceptors (Lipinski definition) is 2. The fraction of sp³-hybridized carbons (Fsp3) is 0.800. The van der Waals surface area contributed by atoms with Crippen LogP contribution in [0.5, 0.6) is 0 Å². The lowest BCUT2D eigenvalue weighted by Gasteiger charge is -2.27. The number of nitrogens with zero attached hydrogens (tertiary/aromatic N) is 1.